The third-order valence-electron chi connectivity index (χ3n) is 5.85. The molecule has 2 amide bonds. The number of nitrogens with zero attached hydrogens (tertiary/aromatic N) is 2. The maximum absolute atomic E-state index is 13.1. The Morgan fingerprint density at radius 3 is 2.19 bits per heavy atom. The van der Waals surface area contributed by atoms with Crippen LogP contribution in [0.2, 0.25) is 0 Å². The van der Waals surface area contributed by atoms with Crippen molar-refractivity contribution in [1.29, 1.82) is 0 Å². The molecule has 32 heavy (non-hydrogen) atoms. The number of carbonyl (C=O) groups excluding carboxylic acids is 2. The summed E-state index contributed by atoms with van der Waals surface area (Å²) in [6.07, 6.45) is 0.172. The highest BCUT2D eigenvalue weighted by atomic mass is 16.5. The van der Waals surface area contributed by atoms with Gasteiger partial charge in [0, 0.05) is 36.1 Å². The lowest BCUT2D eigenvalue weighted by Crippen LogP contribution is -2.28. The molecule has 1 aromatic heterocycles. The molecule has 2 aromatic carbocycles. The average molecular weight is 434 g/mol. The van der Waals surface area contributed by atoms with Crippen molar-refractivity contribution in [1.82, 2.24) is 4.57 Å². The van der Waals surface area contributed by atoms with Crippen LogP contribution in [0.25, 0.3) is 5.69 Å². The van der Waals surface area contributed by atoms with Crippen molar-refractivity contribution < 1.29 is 19.1 Å². The summed E-state index contributed by atoms with van der Waals surface area (Å²) in [7, 11) is 3.21. The van der Waals surface area contributed by atoms with Crippen LogP contribution in [0.5, 0.6) is 11.5 Å². The van der Waals surface area contributed by atoms with Crippen LogP contribution >= 0.6 is 0 Å². The van der Waals surface area contributed by atoms with E-state index in [1.807, 2.05) is 56.3 Å². The number of anilines is 2. The second-order valence-corrected chi connectivity index (χ2v) is 7.93. The first-order valence-corrected chi connectivity index (χ1v) is 10.5. The molecule has 1 atom stereocenters. The number of aromatic nitrogens is 1. The van der Waals surface area contributed by atoms with E-state index in [0.29, 0.717) is 18.0 Å². The summed E-state index contributed by atoms with van der Waals surface area (Å²) in [6.45, 7) is 4.37. The zero-order valence-electron chi connectivity index (χ0n) is 18.7. The number of amides is 2. The largest absolute Gasteiger partial charge is 0.497 e. The number of carbonyl (C=O) groups is 2. The monoisotopic (exact) mass is 433 g/mol. The SMILES string of the molecule is COc1ccc(N2C[C@H](C(=O)Nc3ccc(OC)cc3-n3c(C)ccc3C)CC2=O)cc1. The Balaban J connectivity index is 1.56. The van der Waals surface area contributed by atoms with Gasteiger partial charge in [0.05, 0.1) is 31.5 Å². The zero-order chi connectivity index (χ0) is 22.8. The summed E-state index contributed by atoms with van der Waals surface area (Å²) >= 11 is 0. The number of hydrogen-bond acceptors (Lipinski definition) is 4. The lowest BCUT2D eigenvalue weighted by molar-refractivity contribution is -0.122. The molecule has 1 saturated heterocycles. The Morgan fingerprint density at radius 1 is 0.938 bits per heavy atom. The first-order valence-electron chi connectivity index (χ1n) is 10.5. The zero-order valence-corrected chi connectivity index (χ0v) is 18.7. The van der Waals surface area contributed by atoms with Gasteiger partial charge in [0.25, 0.3) is 0 Å². The van der Waals surface area contributed by atoms with Crippen LogP contribution in [-0.4, -0.2) is 37.1 Å². The van der Waals surface area contributed by atoms with Crippen LogP contribution in [0.1, 0.15) is 17.8 Å². The molecule has 0 aliphatic carbocycles. The fourth-order valence-electron chi connectivity index (χ4n) is 4.11. The quantitative estimate of drug-likeness (QED) is 0.635. The molecule has 2 heterocycles. The fraction of sp³-hybridized carbons (Fsp3) is 0.280. The predicted molar refractivity (Wildman–Crippen MR) is 124 cm³/mol. The molecule has 1 fully saturated rings. The van der Waals surface area contributed by atoms with Gasteiger partial charge in [-0.2, -0.15) is 0 Å². The molecule has 7 heteroatoms. The van der Waals surface area contributed by atoms with Crippen LogP contribution in [0.3, 0.4) is 0 Å². The fourth-order valence-corrected chi connectivity index (χ4v) is 4.11. The van der Waals surface area contributed by atoms with Gasteiger partial charge in [-0.3, -0.25) is 9.59 Å². The number of rotatable bonds is 6. The summed E-state index contributed by atoms with van der Waals surface area (Å²) in [5.41, 5.74) is 4.36. The highest BCUT2D eigenvalue weighted by molar-refractivity contribution is 6.04. The van der Waals surface area contributed by atoms with E-state index in [9.17, 15) is 9.59 Å². The Hall–Kier alpha value is -3.74. The van der Waals surface area contributed by atoms with Crippen molar-refractivity contribution >= 4 is 23.2 Å². The third kappa shape index (κ3) is 4.06. The van der Waals surface area contributed by atoms with E-state index in [-0.39, 0.29) is 18.2 Å². The number of ether oxygens (including phenoxy) is 2. The molecule has 1 aliphatic heterocycles. The molecule has 4 rings (SSSR count). The average Bonchev–Trinajstić information content (AvgIpc) is 3.36. The molecular weight excluding hydrogens is 406 g/mol. The standard InChI is InChI=1S/C25H27N3O4/c1-16-5-6-17(2)28(16)23-14-21(32-4)11-12-22(23)26-25(30)18-13-24(29)27(15-18)19-7-9-20(31-3)10-8-19/h5-12,14,18H,13,15H2,1-4H3,(H,26,30)/t18-/m1/s1. The second kappa shape index (κ2) is 8.78. The van der Waals surface area contributed by atoms with Gasteiger partial charge in [-0.25, -0.2) is 0 Å². The van der Waals surface area contributed by atoms with Crippen molar-refractivity contribution in [3.63, 3.8) is 0 Å². The van der Waals surface area contributed by atoms with Crippen LogP contribution in [0, 0.1) is 19.8 Å². The Kier molecular flexibility index (Phi) is 5.90. The van der Waals surface area contributed by atoms with Crippen LogP contribution in [0.15, 0.2) is 54.6 Å². The number of benzene rings is 2. The topological polar surface area (TPSA) is 72.8 Å². The van der Waals surface area contributed by atoms with Crippen LogP contribution in [0.4, 0.5) is 11.4 Å². The summed E-state index contributed by atoms with van der Waals surface area (Å²) < 4.78 is 12.7. The smallest absolute Gasteiger partial charge is 0.229 e. The minimum absolute atomic E-state index is 0.0673. The van der Waals surface area contributed by atoms with Gasteiger partial charge in [-0.05, 0) is 62.4 Å². The highest BCUT2D eigenvalue weighted by Gasteiger charge is 2.35. The molecule has 0 spiro atoms. The Morgan fingerprint density at radius 2 is 1.56 bits per heavy atom. The second-order valence-electron chi connectivity index (χ2n) is 7.93. The van der Waals surface area contributed by atoms with Gasteiger partial charge in [-0.15, -0.1) is 0 Å². The Labute approximate surface area is 187 Å². The summed E-state index contributed by atoms with van der Waals surface area (Å²) in [5, 5.41) is 3.04. The van der Waals surface area contributed by atoms with Crippen molar-refractivity contribution in [2.24, 2.45) is 5.92 Å². The van der Waals surface area contributed by atoms with E-state index < -0.39 is 5.92 Å². The van der Waals surface area contributed by atoms with E-state index in [1.54, 1.807) is 31.3 Å². The predicted octanol–water partition coefficient (Wildman–Crippen LogP) is 4.10. The molecule has 0 bridgehead atoms. The van der Waals surface area contributed by atoms with Crippen molar-refractivity contribution in [2.75, 3.05) is 31.0 Å². The maximum Gasteiger partial charge on any atom is 0.229 e. The molecule has 3 aromatic rings. The van der Waals surface area contributed by atoms with Gasteiger partial charge >= 0.3 is 0 Å². The first-order chi connectivity index (χ1) is 15.4. The molecule has 166 valence electrons. The van der Waals surface area contributed by atoms with Crippen LogP contribution in [-0.2, 0) is 9.59 Å². The maximum atomic E-state index is 13.1. The van der Waals surface area contributed by atoms with Crippen molar-refractivity contribution in [3.05, 3.63) is 66.0 Å². The van der Waals surface area contributed by atoms with Gasteiger partial charge in [0.15, 0.2) is 0 Å². The van der Waals surface area contributed by atoms with Gasteiger partial charge in [0.2, 0.25) is 11.8 Å². The molecule has 7 nitrogen and oxygen atoms in total. The molecule has 1 N–H and O–H groups in total. The summed E-state index contributed by atoms with van der Waals surface area (Å²) in [6, 6.07) is 16.9. The third-order valence-corrected chi connectivity index (χ3v) is 5.85. The summed E-state index contributed by atoms with van der Waals surface area (Å²) in [4.78, 5) is 27.4. The minimum atomic E-state index is -0.439. The van der Waals surface area contributed by atoms with E-state index in [1.165, 1.54) is 0 Å². The minimum Gasteiger partial charge on any atom is -0.497 e. The van der Waals surface area contributed by atoms with Crippen molar-refractivity contribution in [2.45, 2.75) is 20.3 Å². The summed E-state index contributed by atoms with van der Waals surface area (Å²) in [5.74, 6) is 0.738. The van der Waals surface area contributed by atoms with E-state index >= 15 is 0 Å². The van der Waals surface area contributed by atoms with E-state index in [2.05, 4.69) is 9.88 Å². The number of nitrogens with one attached hydrogen (secondary N) is 1. The first kappa shape index (κ1) is 21.5. The highest BCUT2D eigenvalue weighted by Crippen LogP contribution is 2.31. The number of aryl methyl sites for hydroxylation is 2. The normalized spacial score (nSPS) is 15.7. The van der Waals surface area contributed by atoms with Crippen molar-refractivity contribution in [3.8, 4) is 17.2 Å². The van der Waals surface area contributed by atoms with Gasteiger partial charge < -0.3 is 24.3 Å². The molecular formula is C25H27N3O4. The number of methoxy groups -OCH3 is 2. The lowest BCUT2D eigenvalue weighted by atomic mass is 10.1. The lowest BCUT2D eigenvalue weighted by Gasteiger charge is -2.19. The Bertz CT molecular complexity index is 1130. The van der Waals surface area contributed by atoms with E-state index in [4.69, 9.17) is 9.47 Å². The molecule has 0 saturated carbocycles. The van der Waals surface area contributed by atoms with Gasteiger partial charge in [-0.1, -0.05) is 0 Å². The van der Waals surface area contributed by atoms with Gasteiger partial charge in [0.1, 0.15) is 11.5 Å². The van der Waals surface area contributed by atoms with Crippen LogP contribution < -0.4 is 19.7 Å². The molecule has 0 radical (unpaired) electrons. The molecule has 1 aliphatic rings. The number of hydrogen-bond donors (Lipinski definition) is 1. The molecule has 0 unspecified atom stereocenters. The van der Waals surface area contributed by atoms with E-state index in [0.717, 1.165) is 28.5 Å².